The van der Waals surface area contributed by atoms with Crippen LogP contribution in [0.25, 0.3) is 0 Å². The maximum atomic E-state index is 13.0. The fourth-order valence-electron chi connectivity index (χ4n) is 3.98. The van der Waals surface area contributed by atoms with E-state index in [-0.39, 0.29) is 24.0 Å². The number of aromatic nitrogens is 2. The van der Waals surface area contributed by atoms with E-state index >= 15 is 0 Å². The minimum Gasteiger partial charge on any atom is -0.501 e. The molecule has 1 saturated carbocycles. The number of halogens is 1. The van der Waals surface area contributed by atoms with E-state index in [0.29, 0.717) is 17.9 Å². The number of aliphatic hydroxyl groups is 1. The molecule has 2 bridgehead atoms. The number of carbonyl (C=O) groups is 1. The number of hydrogen-bond donors (Lipinski definition) is 4. The van der Waals surface area contributed by atoms with Crippen molar-refractivity contribution in [2.24, 2.45) is 5.73 Å². The van der Waals surface area contributed by atoms with Crippen molar-refractivity contribution >= 4 is 5.91 Å². The fraction of sp³-hybridized carbons (Fsp3) is 0.450. The lowest BCUT2D eigenvalue weighted by atomic mass is 9.78. The molecule has 0 radical (unpaired) electrons. The first kappa shape index (κ1) is 20.9. The molecule has 0 atom stereocenters. The van der Waals surface area contributed by atoms with E-state index in [4.69, 9.17) is 10.8 Å². The molecule has 0 saturated heterocycles. The molecular weight excluding hydrogens is 379 g/mol. The summed E-state index contributed by atoms with van der Waals surface area (Å²) in [7, 11) is 1.00. The smallest absolute Gasteiger partial charge is 0.296 e. The van der Waals surface area contributed by atoms with Crippen molar-refractivity contribution in [3.63, 3.8) is 0 Å². The zero-order valence-electron chi connectivity index (χ0n) is 16.2. The highest BCUT2D eigenvalue weighted by Crippen LogP contribution is 2.40. The lowest BCUT2D eigenvalue weighted by Crippen LogP contribution is -2.46. The van der Waals surface area contributed by atoms with Crippen molar-refractivity contribution in [1.29, 1.82) is 0 Å². The number of rotatable bonds is 3. The summed E-state index contributed by atoms with van der Waals surface area (Å²) in [4.78, 5) is 29.5. The van der Waals surface area contributed by atoms with E-state index in [9.17, 15) is 19.1 Å². The summed E-state index contributed by atoms with van der Waals surface area (Å²) in [6.45, 7) is 0.434. The van der Waals surface area contributed by atoms with E-state index in [1.165, 1.54) is 16.7 Å². The fourth-order valence-corrected chi connectivity index (χ4v) is 3.98. The lowest BCUT2D eigenvalue weighted by Gasteiger charge is -2.31. The number of nitrogens with one attached hydrogen (secondary N) is 1. The van der Waals surface area contributed by atoms with Gasteiger partial charge >= 0.3 is 0 Å². The number of nitrogens with zero attached hydrogens (tertiary/aromatic N) is 2. The molecule has 2 aromatic rings. The third kappa shape index (κ3) is 4.15. The Balaban J connectivity index is 0.00000117. The molecule has 1 aromatic heterocycles. The van der Waals surface area contributed by atoms with E-state index in [1.54, 1.807) is 12.1 Å². The second-order valence-corrected chi connectivity index (χ2v) is 7.50. The number of aromatic hydroxyl groups is 1. The Morgan fingerprint density at radius 3 is 2.55 bits per heavy atom. The molecule has 3 aliphatic rings. The molecule has 0 unspecified atom stereocenters. The van der Waals surface area contributed by atoms with Gasteiger partial charge in [-0.1, -0.05) is 12.1 Å². The molecule has 5 rings (SSSR count). The average molecular weight is 404 g/mol. The summed E-state index contributed by atoms with van der Waals surface area (Å²) in [5.74, 6) is -1.09. The van der Waals surface area contributed by atoms with Gasteiger partial charge < -0.3 is 21.3 Å². The van der Waals surface area contributed by atoms with Crippen LogP contribution in [-0.4, -0.2) is 38.3 Å². The molecule has 0 spiro atoms. The van der Waals surface area contributed by atoms with E-state index in [0.717, 1.165) is 32.8 Å². The highest BCUT2D eigenvalue weighted by atomic mass is 19.1. The SMILES string of the molecule is CO.NC12CCC(CC1)c1nc(C(=O)NCc3ccc(F)cc3)c(O)c(=O)n1C2. The minimum absolute atomic E-state index is 0.0566. The van der Waals surface area contributed by atoms with Crippen LogP contribution in [0.5, 0.6) is 5.75 Å². The van der Waals surface area contributed by atoms with Crippen LogP contribution in [0.15, 0.2) is 29.1 Å². The number of fused-ring (bicyclic) bond motifs is 2. The summed E-state index contributed by atoms with van der Waals surface area (Å²) in [6, 6.07) is 5.69. The van der Waals surface area contributed by atoms with Gasteiger partial charge in [-0.2, -0.15) is 0 Å². The van der Waals surface area contributed by atoms with Crippen LogP contribution in [0.4, 0.5) is 4.39 Å². The molecule has 5 N–H and O–H groups in total. The number of nitrogens with two attached hydrogens (primary N) is 1. The normalized spacial score (nSPS) is 22.1. The first-order valence-corrected chi connectivity index (χ1v) is 9.46. The Bertz CT molecular complexity index is 950. The second-order valence-electron chi connectivity index (χ2n) is 7.50. The van der Waals surface area contributed by atoms with Crippen LogP contribution in [-0.2, 0) is 13.1 Å². The third-order valence-corrected chi connectivity index (χ3v) is 5.58. The van der Waals surface area contributed by atoms with E-state index in [1.807, 2.05) is 0 Å². The van der Waals surface area contributed by atoms with Gasteiger partial charge in [0.15, 0.2) is 5.69 Å². The summed E-state index contributed by atoms with van der Waals surface area (Å²) in [5.41, 5.74) is 5.70. The monoisotopic (exact) mass is 404 g/mol. The van der Waals surface area contributed by atoms with Crippen LogP contribution < -0.4 is 16.6 Å². The average Bonchev–Trinajstić information content (AvgIpc) is 2.96. The van der Waals surface area contributed by atoms with Gasteiger partial charge in [0.2, 0.25) is 5.75 Å². The Labute approximate surface area is 167 Å². The highest BCUT2D eigenvalue weighted by molar-refractivity contribution is 5.94. The van der Waals surface area contributed by atoms with Crippen molar-refractivity contribution < 1.29 is 19.4 Å². The van der Waals surface area contributed by atoms with Crippen LogP contribution in [0.3, 0.4) is 0 Å². The first-order chi connectivity index (χ1) is 13.9. The quantitative estimate of drug-likeness (QED) is 0.604. The molecule has 1 aliphatic carbocycles. The molecule has 3 heterocycles. The van der Waals surface area contributed by atoms with E-state index < -0.39 is 22.8 Å². The first-order valence-electron chi connectivity index (χ1n) is 9.46. The van der Waals surface area contributed by atoms with Crippen molar-refractivity contribution in [3.05, 3.63) is 57.5 Å². The van der Waals surface area contributed by atoms with Crippen molar-refractivity contribution in [3.8, 4) is 5.75 Å². The Morgan fingerprint density at radius 1 is 1.31 bits per heavy atom. The largest absolute Gasteiger partial charge is 0.501 e. The molecule has 1 fully saturated rings. The van der Waals surface area contributed by atoms with Gasteiger partial charge in [-0.25, -0.2) is 9.37 Å². The molecule has 2 aliphatic heterocycles. The summed E-state index contributed by atoms with van der Waals surface area (Å²) >= 11 is 0. The van der Waals surface area contributed by atoms with E-state index in [2.05, 4.69) is 10.3 Å². The molecule has 9 heteroatoms. The zero-order chi connectivity index (χ0) is 21.2. The summed E-state index contributed by atoms with van der Waals surface area (Å²) < 4.78 is 14.4. The third-order valence-electron chi connectivity index (χ3n) is 5.58. The van der Waals surface area contributed by atoms with Gasteiger partial charge in [0.05, 0.1) is 0 Å². The molecule has 1 aromatic carbocycles. The maximum absolute atomic E-state index is 13.0. The Morgan fingerprint density at radius 2 is 1.93 bits per heavy atom. The predicted octanol–water partition coefficient (Wildman–Crippen LogP) is 0.995. The van der Waals surface area contributed by atoms with Gasteiger partial charge in [0.1, 0.15) is 11.6 Å². The topological polar surface area (TPSA) is 130 Å². The van der Waals surface area contributed by atoms with Crippen LogP contribution >= 0.6 is 0 Å². The van der Waals surface area contributed by atoms with Gasteiger partial charge in [-0.05, 0) is 43.4 Å². The van der Waals surface area contributed by atoms with Gasteiger partial charge in [-0.3, -0.25) is 14.2 Å². The van der Waals surface area contributed by atoms with Crippen LogP contribution in [0.1, 0.15) is 53.5 Å². The second kappa shape index (κ2) is 8.30. The standard InChI is InChI=1S/C19H21FN4O3.CH4O/c20-13-3-1-11(2-4-13)9-22-17(26)14-15(25)18(27)24-10-19(21)7-5-12(6-8-19)16(24)23-14;1-2/h1-4,12,25H,5-10,21H2,(H,22,26);2H,1H3. The van der Waals surface area contributed by atoms with Gasteiger partial charge in [0.25, 0.3) is 11.5 Å². The Kier molecular flexibility index (Phi) is 5.99. The maximum Gasteiger partial charge on any atom is 0.296 e. The van der Waals surface area contributed by atoms with Crippen LogP contribution in [0.2, 0.25) is 0 Å². The molecule has 8 nitrogen and oxygen atoms in total. The minimum atomic E-state index is -0.666. The van der Waals surface area contributed by atoms with Crippen molar-refractivity contribution in [2.75, 3.05) is 7.11 Å². The van der Waals surface area contributed by atoms with Crippen molar-refractivity contribution in [2.45, 2.75) is 50.2 Å². The lowest BCUT2D eigenvalue weighted by molar-refractivity contribution is 0.0941. The van der Waals surface area contributed by atoms with Crippen LogP contribution in [0, 0.1) is 5.82 Å². The van der Waals surface area contributed by atoms with Gasteiger partial charge in [-0.15, -0.1) is 0 Å². The zero-order valence-corrected chi connectivity index (χ0v) is 16.2. The number of carbonyl (C=O) groups excluding carboxylic acids is 1. The Hall–Kier alpha value is -2.78. The number of amides is 1. The predicted molar refractivity (Wildman–Crippen MR) is 104 cm³/mol. The van der Waals surface area contributed by atoms with Gasteiger partial charge in [0, 0.05) is 31.7 Å². The summed E-state index contributed by atoms with van der Waals surface area (Å²) in [6.07, 6.45) is 3.19. The molecular formula is C20H25FN4O4. The summed E-state index contributed by atoms with van der Waals surface area (Å²) in [5, 5.41) is 19.9. The molecule has 156 valence electrons. The number of benzene rings is 1. The highest BCUT2D eigenvalue weighted by Gasteiger charge is 2.40. The number of hydrogen-bond acceptors (Lipinski definition) is 6. The molecule has 29 heavy (non-hydrogen) atoms. The van der Waals surface area contributed by atoms with Crippen molar-refractivity contribution in [1.82, 2.24) is 14.9 Å². The molecule has 1 amide bonds. The number of aliphatic hydroxyl groups excluding tert-OH is 1.